The molecule has 0 heterocycles. The minimum atomic E-state index is -0.430. The topological polar surface area (TPSA) is 101 Å². The van der Waals surface area contributed by atoms with Gasteiger partial charge in [0.25, 0.3) is 5.91 Å². The Hall–Kier alpha value is -1.64. The smallest absolute Gasteiger partial charge is 0.252 e. The molecule has 1 aromatic rings. The lowest BCUT2D eigenvalue weighted by molar-refractivity contribution is -0.122. The number of halogens is 1. The third kappa shape index (κ3) is 4.97. The number of carbonyl (C=O) groups is 3. The van der Waals surface area contributed by atoms with Crippen LogP contribution in [0.3, 0.4) is 0 Å². The molecule has 1 saturated carbocycles. The van der Waals surface area contributed by atoms with Crippen molar-refractivity contribution in [1.82, 2.24) is 10.6 Å². The van der Waals surface area contributed by atoms with Crippen molar-refractivity contribution < 1.29 is 14.4 Å². The molecule has 3 amide bonds. The van der Waals surface area contributed by atoms with Crippen LogP contribution in [0.15, 0.2) is 24.3 Å². The van der Waals surface area contributed by atoms with Crippen LogP contribution in [0.25, 0.3) is 0 Å². The molecule has 0 aliphatic heterocycles. The first-order valence-corrected chi connectivity index (χ1v) is 8.15. The number of benzene rings is 1. The largest absolute Gasteiger partial charge is 0.370 e. The number of rotatable bonds is 7. The zero-order valence-electron chi connectivity index (χ0n) is 12.0. The first kappa shape index (κ1) is 16.7. The van der Waals surface area contributed by atoms with Gasteiger partial charge in [-0.05, 0) is 53.5 Å². The summed E-state index contributed by atoms with van der Waals surface area (Å²) < 4.78 is 0.822. The van der Waals surface area contributed by atoms with E-state index >= 15 is 0 Å². The Bertz CT molecular complexity index is 587. The van der Waals surface area contributed by atoms with Crippen molar-refractivity contribution in [2.24, 2.45) is 11.7 Å². The van der Waals surface area contributed by atoms with E-state index in [0.29, 0.717) is 11.5 Å². The summed E-state index contributed by atoms with van der Waals surface area (Å²) in [6, 6.07) is 6.92. The van der Waals surface area contributed by atoms with Crippen LogP contribution >= 0.6 is 22.6 Å². The van der Waals surface area contributed by atoms with Crippen LogP contribution in [-0.2, 0) is 9.59 Å². The molecule has 0 spiro atoms. The van der Waals surface area contributed by atoms with Gasteiger partial charge >= 0.3 is 0 Å². The maximum atomic E-state index is 12.0. The molecule has 1 aliphatic carbocycles. The zero-order chi connectivity index (χ0) is 16.1. The molecular weight excluding hydrogens is 397 g/mol. The maximum Gasteiger partial charge on any atom is 0.252 e. The molecule has 1 fully saturated rings. The van der Waals surface area contributed by atoms with Gasteiger partial charge in [-0.25, -0.2) is 0 Å². The van der Waals surface area contributed by atoms with Gasteiger partial charge in [0.1, 0.15) is 0 Å². The SMILES string of the molecule is NC(=O)C[C@H](NC(=O)CNC(=O)c1ccccc1I)C1CC1. The van der Waals surface area contributed by atoms with Gasteiger partial charge in [0.05, 0.1) is 12.1 Å². The normalized spacial score (nSPS) is 15.0. The Labute approximate surface area is 142 Å². The quantitative estimate of drug-likeness (QED) is 0.574. The minimum Gasteiger partial charge on any atom is -0.370 e. The summed E-state index contributed by atoms with van der Waals surface area (Å²) in [5.41, 5.74) is 5.72. The molecule has 0 saturated heterocycles. The summed E-state index contributed by atoms with van der Waals surface area (Å²) in [5, 5.41) is 5.36. The van der Waals surface area contributed by atoms with Crippen LogP contribution in [0.5, 0.6) is 0 Å². The lowest BCUT2D eigenvalue weighted by atomic mass is 10.1. The fourth-order valence-corrected chi connectivity index (χ4v) is 2.84. The second kappa shape index (κ2) is 7.57. The van der Waals surface area contributed by atoms with Gasteiger partial charge in [-0.15, -0.1) is 0 Å². The molecule has 1 aromatic carbocycles. The van der Waals surface area contributed by atoms with Crippen LogP contribution in [0.2, 0.25) is 0 Å². The van der Waals surface area contributed by atoms with Crippen molar-refractivity contribution >= 4 is 40.3 Å². The highest BCUT2D eigenvalue weighted by atomic mass is 127. The van der Waals surface area contributed by atoms with Gasteiger partial charge in [-0.3, -0.25) is 14.4 Å². The summed E-state index contributed by atoms with van der Waals surface area (Å²) in [6.07, 6.45) is 2.13. The molecule has 0 radical (unpaired) electrons. The Morgan fingerprint density at radius 2 is 1.95 bits per heavy atom. The monoisotopic (exact) mass is 415 g/mol. The molecule has 22 heavy (non-hydrogen) atoms. The molecule has 0 aromatic heterocycles. The molecule has 4 N–H and O–H groups in total. The Kier molecular flexibility index (Phi) is 5.76. The van der Waals surface area contributed by atoms with E-state index in [1.165, 1.54) is 0 Å². The zero-order valence-corrected chi connectivity index (χ0v) is 14.1. The number of nitrogens with one attached hydrogen (secondary N) is 2. The molecule has 6 nitrogen and oxygen atoms in total. The first-order chi connectivity index (χ1) is 10.5. The standard InChI is InChI=1S/C15H18IN3O3/c16-11-4-2-1-3-10(11)15(22)18-8-14(21)19-12(7-13(17)20)9-5-6-9/h1-4,9,12H,5-8H2,(H2,17,20)(H,18,22)(H,19,21)/t12-/m0/s1. The number of carbonyl (C=O) groups excluding carboxylic acids is 3. The van der Waals surface area contributed by atoms with E-state index in [-0.39, 0.29) is 30.8 Å². The fraction of sp³-hybridized carbons (Fsp3) is 0.400. The van der Waals surface area contributed by atoms with E-state index in [0.717, 1.165) is 16.4 Å². The van der Waals surface area contributed by atoms with E-state index in [1.54, 1.807) is 12.1 Å². The highest BCUT2D eigenvalue weighted by Crippen LogP contribution is 2.33. The minimum absolute atomic E-state index is 0.119. The summed E-state index contributed by atoms with van der Waals surface area (Å²) in [7, 11) is 0. The van der Waals surface area contributed by atoms with E-state index in [4.69, 9.17) is 5.73 Å². The molecule has 7 heteroatoms. The highest BCUT2D eigenvalue weighted by Gasteiger charge is 2.33. The summed E-state index contributed by atoms with van der Waals surface area (Å²) in [4.78, 5) is 34.9. The third-order valence-corrected chi connectivity index (χ3v) is 4.43. The second-order valence-electron chi connectivity index (χ2n) is 5.34. The average molecular weight is 415 g/mol. The first-order valence-electron chi connectivity index (χ1n) is 7.07. The van der Waals surface area contributed by atoms with Gasteiger partial charge in [-0.1, -0.05) is 12.1 Å². The van der Waals surface area contributed by atoms with Crippen LogP contribution < -0.4 is 16.4 Å². The predicted octanol–water partition coefficient (Wildman–Crippen LogP) is 0.791. The average Bonchev–Trinajstić information content (AvgIpc) is 3.28. The van der Waals surface area contributed by atoms with Crippen LogP contribution in [0.1, 0.15) is 29.6 Å². The molecule has 0 bridgehead atoms. The fourth-order valence-electron chi connectivity index (χ4n) is 2.21. The summed E-state index contributed by atoms with van der Waals surface area (Å²) in [5.74, 6) is -0.710. The van der Waals surface area contributed by atoms with E-state index in [2.05, 4.69) is 33.2 Å². The number of nitrogens with two attached hydrogens (primary N) is 1. The molecule has 0 unspecified atom stereocenters. The van der Waals surface area contributed by atoms with E-state index < -0.39 is 5.91 Å². The molecular formula is C15H18IN3O3. The maximum absolute atomic E-state index is 12.0. The Morgan fingerprint density at radius 1 is 1.27 bits per heavy atom. The van der Waals surface area contributed by atoms with Crippen molar-refractivity contribution in [2.75, 3.05) is 6.54 Å². The van der Waals surface area contributed by atoms with Crippen molar-refractivity contribution in [3.05, 3.63) is 33.4 Å². The number of amides is 3. The van der Waals surface area contributed by atoms with Gasteiger partial charge in [0.15, 0.2) is 0 Å². The van der Waals surface area contributed by atoms with E-state index in [9.17, 15) is 14.4 Å². The molecule has 1 aliphatic rings. The number of hydrogen-bond donors (Lipinski definition) is 3. The Morgan fingerprint density at radius 3 is 2.55 bits per heavy atom. The van der Waals surface area contributed by atoms with Gasteiger partial charge in [0, 0.05) is 16.0 Å². The highest BCUT2D eigenvalue weighted by molar-refractivity contribution is 14.1. The molecule has 2 rings (SSSR count). The van der Waals surface area contributed by atoms with Crippen LogP contribution in [0.4, 0.5) is 0 Å². The lowest BCUT2D eigenvalue weighted by Gasteiger charge is -2.17. The van der Waals surface area contributed by atoms with Crippen molar-refractivity contribution in [3.63, 3.8) is 0 Å². The third-order valence-electron chi connectivity index (χ3n) is 3.49. The van der Waals surface area contributed by atoms with Gasteiger partial charge < -0.3 is 16.4 Å². The Balaban J connectivity index is 1.83. The molecule has 118 valence electrons. The number of primary amides is 1. The summed E-state index contributed by atoms with van der Waals surface area (Å²) >= 11 is 2.07. The number of hydrogen-bond acceptors (Lipinski definition) is 3. The second-order valence-corrected chi connectivity index (χ2v) is 6.51. The van der Waals surface area contributed by atoms with E-state index in [1.807, 2.05) is 12.1 Å². The van der Waals surface area contributed by atoms with Crippen LogP contribution in [0, 0.1) is 9.49 Å². The van der Waals surface area contributed by atoms with Gasteiger partial charge in [0.2, 0.25) is 11.8 Å². The summed E-state index contributed by atoms with van der Waals surface area (Å²) in [6.45, 7) is -0.119. The van der Waals surface area contributed by atoms with Gasteiger partial charge in [-0.2, -0.15) is 0 Å². The van der Waals surface area contributed by atoms with Crippen molar-refractivity contribution in [3.8, 4) is 0 Å². The van der Waals surface area contributed by atoms with Crippen molar-refractivity contribution in [1.29, 1.82) is 0 Å². The molecule has 1 atom stereocenters. The van der Waals surface area contributed by atoms with Crippen molar-refractivity contribution in [2.45, 2.75) is 25.3 Å². The predicted molar refractivity (Wildman–Crippen MR) is 90.0 cm³/mol. The van der Waals surface area contributed by atoms with Crippen LogP contribution in [-0.4, -0.2) is 30.3 Å². The lowest BCUT2D eigenvalue weighted by Crippen LogP contribution is -2.44.